The number of nitrogens with two attached hydrogens (primary N) is 1. The summed E-state index contributed by atoms with van der Waals surface area (Å²) in [5.41, 5.74) is 9.76. The number of fused-ring (bicyclic) bond motifs is 1. The van der Waals surface area contributed by atoms with Gasteiger partial charge in [-0.1, -0.05) is 6.07 Å². The molecule has 0 unspecified atom stereocenters. The fourth-order valence-corrected chi connectivity index (χ4v) is 4.88. The number of benzene rings is 1. The van der Waals surface area contributed by atoms with E-state index in [4.69, 9.17) is 15.8 Å². The molecule has 1 amide bonds. The third-order valence-corrected chi connectivity index (χ3v) is 6.53. The second kappa shape index (κ2) is 8.15. The van der Waals surface area contributed by atoms with Gasteiger partial charge in [-0.25, -0.2) is 9.50 Å². The Hall–Kier alpha value is -3.60. The van der Waals surface area contributed by atoms with Crippen LogP contribution in [0.5, 0.6) is 0 Å². The van der Waals surface area contributed by atoms with E-state index in [9.17, 15) is 10.1 Å². The number of hydrogen-bond donors (Lipinski definition) is 1. The van der Waals surface area contributed by atoms with Crippen LogP contribution in [0.2, 0.25) is 0 Å². The van der Waals surface area contributed by atoms with Crippen molar-refractivity contribution in [3.05, 3.63) is 53.3 Å². The van der Waals surface area contributed by atoms with Gasteiger partial charge in [0.15, 0.2) is 5.65 Å². The molecule has 2 aliphatic heterocycles. The zero-order valence-electron chi connectivity index (χ0n) is 18.2. The number of amides is 1. The summed E-state index contributed by atoms with van der Waals surface area (Å²) in [5, 5.41) is 14.0. The molecule has 2 saturated heterocycles. The molecule has 32 heavy (non-hydrogen) atoms. The molecule has 0 spiro atoms. The molecule has 0 saturated carbocycles. The molecular weight excluding hydrogens is 402 g/mol. The summed E-state index contributed by atoms with van der Waals surface area (Å²) in [5.74, 6) is 0.961. The highest BCUT2D eigenvalue weighted by Gasteiger charge is 2.31. The first-order valence-corrected chi connectivity index (χ1v) is 11.2. The molecule has 1 aromatic carbocycles. The first-order chi connectivity index (χ1) is 15.5. The second-order valence-corrected chi connectivity index (χ2v) is 8.82. The quantitative estimate of drug-likeness (QED) is 0.641. The minimum Gasteiger partial charge on any atom is -0.399 e. The predicted molar refractivity (Wildman–Crippen MR) is 122 cm³/mol. The van der Waals surface area contributed by atoms with Gasteiger partial charge in [0.05, 0.1) is 23.7 Å². The Morgan fingerprint density at radius 1 is 1.22 bits per heavy atom. The zero-order chi connectivity index (χ0) is 22.2. The Bertz CT molecular complexity index is 1210. The van der Waals surface area contributed by atoms with Crippen molar-refractivity contribution in [3.8, 4) is 6.07 Å². The molecule has 2 N–H and O–H groups in total. The SMILES string of the molecule is Cc1cn2nc([C@@H]3CCCCN3C(=O)c3cccc(N)c3)cc2nc1N1CC[C@H](C#N)C1. The lowest BCUT2D eigenvalue weighted by Crippen LogP contribution is -2.38. The van der Waals surface area contributed by atoms with Crippen LogP contribution >= 0.6 is 0 Å². The van der Waals surface area contributed by atoms with Gasteiger partial charge in [-0.3, -0.25) is 4.79 Å². The van der Waals surface area contributed by atoms with Gasteiger partial charge in [-0.15, -0.1) is 0 Å². The maximum atomic E-state index is 13.3. The average Bonchev–Trinajstić information content (AvgIpc) is 3.44. The van der Waals surface area contributed by atoms with Crippen LogP contribution in [0.3, 0.4) is 0 Å². The minimum absolute atomic E-state index is 0.0107. The van der Waals surface area contributed by atoms with Gasteiger partial charge in [0.25, 0.3) is 5.91 Å². The summed E-state index contributed by atoms with van der Waals surface area (Å²) in [7, 11) is 0. The van der Waals surface area contributed by atoms with Crippen LogP contribution < -0.4 is 10.6 Å². The number of aryl methyl sites for hydroxylation is 1. The van der Waals surface area contributed by atoms with Gasteiger partial charge in [0.1, 0.15) is 5.82 Å². The zero-order valence-corrected chi connectivity index (χ0v) is 18.2. The molecule has 0 bridgehead atoms. The summed E-state index contributed by atoms with van der Waals surface area (Å²) in [6, 6.07) is 11.4. The van der Waals surface area contributed by atoms with E-state index in [0.717, 1.165) is 55.0 Å². The molecule has 0 radical (unpaired) electrons. The summed E-state index contributed by atoms with van der Waals surface area (Å²) >= 11 is 0. The molecular formula is C24H27N7O. The summed E-state index contributed by atoms with van der Waals surface area (Å²) in [4.78, 5) is 22.3. The molecule has 5 rings (SSSR count). The predicted octanol–water partition coefficient (Wildman–Crippen LogP) is 3.34. The molecule has 2 fully saturated rings. The van der Waals surface area contributed by atoms with Crippen LogP contribution in [0.25, 0.3) is 5.65 Å². The van der Waals surface area contributed by atoms with Gasteiger partial charge < -0.3 is 15.5 Å². The topological polar surface area (TPSA) is 104 Å². The Morgan fingerprint density at radius 3 is 2.88 bits per heavy atom. The Balaban J connectivity index is 1.46. The van der Waals surface area contributed by atoms with Crippen molar-refractivity contribution in [2.24, 2.45) is 5.92 Å². The second-order valence-electron chi connectivity index (χ2n) is 8.82. The van der Waals surface area contributed by atoms with Crippen molar-refractivity contribution in [1.29, 1.82) is 5.26 Å². The lowest BCUT2D eigenvalue weighted by Gasteiger charge is -2.34. The van der Waals surface area contributed by atoms with Crippen LogP contribution in [0.1, 0.15) is 53.3 Å². The van der Waals surface area contributed by atoms with Crippen LogP contribution in [-0.4, -0.2) is 45.0 Å². The third kappa shape index (κ3) is 3.64. The fourth-order valence-electron chi connectivity index (χ4n) is 4.88. The van der Waals surface area contributed by atoms with Crippen molar-refractivity contribution in [1.82, 2.24) is 19.5 Å². The largest absolute Gasteiger partial charge is 0.399 e. The van der Waals surface area contributed by atoms with Crippen LogP contribution in [0.15, 0.2) is 36.5 Å². The number of likely N-dealkylation sites (tertiary alicyclic amines) is 1. The summed E-state index contributed by atoms with van der Waals surface area (Å²) in [6.07, 6.45) is 5.78. The number of aromatic nitrogens is 3. The van der Waals surface area contributed by atoms with E-state index in [1.54, 1.807) is 12.1 Å². The standard InChI is InChI=1S/C24H27N7O/c1-16-14-31-22(27-23(16)29-10-8-17(13-25)15-29)12-20(28-31)21-7-2-3-9-30(21)24(32)18-5-4-6-19(26)11-18/h4-6,11-12,14,17,21H,2-3,7-10,15,26H2,1H3/t17-,21+/m1/s1. The van der Waals surface area contributed by atoms with Gasteiger partial charge in [0, 0.05) is 48.7 Å². The number of nitriles is 1. The maximum Gasteiger partial charge on any atom is 0.254 e. The molecule has 3 aromatic rings. The lowest BCUT2D eigenvalue weighted by atomic mass is 9.98. The first kappa shape index (κ1) is 20.3. The van der Waals surface area contributed by atoms with E-state index in [0.29, 0.717) is 24.3 Å². The molecule has 2 atom stereocenters. The highest BCUT2D eigenvalue weighted by Crippen LogP contribution is 2.33. The van der Waals surface area contributed by atoms with E-state index in [2.05, 4.69) is 11.0 Å². The van der Waals surface area contributed by atoms with E-state index < -0.39 is 0 Å². The summed E-state index contributed by atoms with van der Waals surface area (Å²) < 4.78 is 1.81. The van der Waals surface area contributed by atoms with Gasteiger partial charge in [-0.2, -0.15) is 10.4 Å². The molecule has 8 heteroatoms. The molecule has 2 aliphatic rings. The number of anilines is 2. The normalized spacial score (nSPS) is 21.1. The summed E-state index contributed by atoms with van der Waals surface area (Å²) in [6.45, 7) is 4.28. The van der Waals surface area contributed by atoms with Crippen molar-refractivity contribution < 1.29 is 4.79 Å². The smallest absolute Gasteiger partial charge is 0.254 e. The number of rotatable bonds is 3. The molecule has 2 aromatic heterocycles. The van der Waals surface area contributed by atoms with Gasteiger partial charge in [0.2, 0.25) is 0 Å². The molecule has 0 aliphatic carbocycles. The van der Waals surface area contributed by atoms with Gasteiger partial charge in [-0.05, 0) is 50.8 Å². The van der Waals surface area contributed by atoms with Crippen LogP contribution in [0.4, 0.5) is 11.5 Å². The number of nitrogens with zero attached hydrogens (tertiary/aromatic N) is 6. The van der Waals surface area contributed by atoms with Gasteiger partial charge >= 0.3 is 0 Å². The molecule has 8 nitrogen and oxygen atoms in total. The Morgan fingerprint density at radius 2 is 2.09 bits per heavy atom. The van der Waals surface area contributed by atoms with Crippen molar-refractivity contribution >= 4 is 23.1 Å². The first-order valence-electron chi connectivity index (χ1n) is 11.2. The number of nitrogen functional groups attached to an aromatic ring is 1. The minimum atomic E-state index is -0.0853. The number of carbonyl (C=O) groups is 1. The van der Waals surface area contributed by atoms with E-state index in [-0.39, 0.29) is 17.9 Å². The fraction of sp³-hybridized carbons (Fsp3) is 0.417. The Labute approximate surface area is 187 Å². The van der Waals surface area contributed by atoms with E-state index in [1.165, 1.54) is 0 Å². The Kier molecular flexibility index (Phi) is 5.17. The lowest BCUT2D eigenvalue weighted by molar-refractivity contribution is 0.0606. The monoisotopic (exact) mass is 429 g/mol. The van der Waals surface area contributed by atoms with Crippen LogP contribution in [0, 0.1) is 24.2 Å². The van der Waals surface area contributed by atoms with Crippen LogP contribution in [-0.2, 0) is 0 Å². The average molecular weight is 430 g/mol. The van der Waals surface area contributed by atoms with Crippen molar-refractivity contribution in [2.75, 3.05) is 30.3 Å². The maximum absolute atomic E-state index is 13.3. The third-order valence-electron chi connectivity index (χ3n) is 6.53. The highest BCUT2D eigenvalue weighted by molar-refractivity contribution is 5.95. The van der Waals surface area contributed by atoms with E-state index in [1.807, 2.05) is 40.7 Å². The van der Waals surface area contributed by atoms with E-state index >= 15 is 0 Å². The molecule has 4 heterocycles. The molecule has 164 valence electrons. The van der Waals surface area contributed by atoms with Crippen molar-refractivity contribution in [3.63, 3.8) is 0 Å². The number of carbonyl (C=O) groups excluding carboxylic acids is 1. The van der Waals surface area contributed by atoms with Crippen molar-refractivity contribution in [2.45, 2.75) is 38.6 Å². The number of hydrogen-bond acceptors (Lipinski definition) is 6. The highest BCUT2D eigenvalue weighted by atomic mass is 16.2. The number of piperidine rings is 1.